The lowest BCUT2D eigenvalue weighted by molar-refractivity contribution is -0.136. The molecule has 0 bridgehead atoms. The molecule has 2 aromatic rings. The van der Waals surface area contributed by atoms with E-state index in [1.807, 2.05) is 18.2 Å². The molecule has 92 valence electrons. The van der Waals surface area contributed by atoms with Crippen LogP contribution in [0, 0.1) is 0 Å². The molecule has 2 rings (SSSR count). The van der Waals surface area contributed by atoms with Crippen LogP contribution in [-0.4, -0.2) is 16.1 Å². The first-order valence-corrected chi connectivity index (χ1v) is 5.57. The number of carbonyl (C=O) groups is 1. The van der Waals surface area contributed by atoms with E-state index in [1.54, 1.807) is 30.6 Å². The molecule has 1 aromatic heterocycles. The topological polar surface area (TPSA) is 59.4 Å². The van der Waals surface area contributed by atoms with E-state index in [-0.39, 0.29) is 6.42 Å². The second-order valence-corrected chi connectivity index (χ2v) is 3.82. The predicted molar refractivity (Wildman–Crippen MR) is 66.4 cm³/mol. The summed E-state index contributed by atoms with van der Waals surface area (Å²) in [5, 5.41) is 8.81. The van der Waals surface area contributed by atoms with Crippen molar-refractivity contribution in [2.24, 2.45) is 0 Å². The van der Waals surface area contributed by atoms with Crippen molar-refractivity contribution < 1.29 is 14.6 Å². The molecule has 0 atom stereocenters. The van der Waals surface area contributed by atoms with Gasteiger partial charge in [-0.1, -0.05) is 18.2 Å². The van der Waals surface area contributed by atoms with E-state index >= 15 is 0 Å². The number of para-hydroxylation sites is 1. The number of pyridine rings is 1. The largest absolute Gasteiger partial charge is 0.489 e. The van der Waals surface area contributed by atoms with Gasteiger partial charge in [-0.15, -0.1) is 0 Å². The van der Waals surface area contributed by atoms with Crippen LogP contribution >= 0.6 is 0 Å². The zero-order valence-electron chi connectivity index (χ0n) is 9.74. The van der Waals surface area contributed by atoms with Crippen molar-refractivity contribution in [1.29, 1.82) is 0 Å². The zero-order chi connectivity index (χ0) is 12.8. The molecule has 1 heterocycles. The Balaban J connectivity index is 2.07. The van der Waals surface area contributed by atoms with Crippen molar-refractivity contribution in [3.63, 3.8) is 0 Å². The predicted octanol–water partition coefficient (Wildman–Crippen LogP) is 2.29. The Morgan fingerprint density at radius 2 is 1.89 bits per heavy atom. The van der Waals surface area contributed by atoms with Gasteiger partial charge in [0.25, 0.3) is 0 Å². The third kappa shape index (κ3) is 3.31. The summed E-state index contributed by atoms with van der Waals surface area (Å²) in [6.45, 7) is 0.402. The Bertz CT molecular complexity index is 526. The van der Waals surface area contributed by atoms with E-state index in [1.165, 1.54) is 0 Å². The molecule has 0 aliphatic carbocycles. The minimum Gasteiger partial charge on any atom is -0.489 e. The van der Waals surface area contributed by atoms with E-state index in [0.717, 1.165) is 5.56 Å². The van der Waals surface area contributed by atoms with E-state index in [9.17, 15) is 4.79 Å². The lowest BCUT2D eigenvalue weighted by Crippen LogP contribution is -2.04. The van der Waals surface area contributed by atoms with Gasteiger partial charge in [-0.3, -0.25) is 9.78 Å². The second-order valence-electron chi connectivity index (χ2n) is 3.82. The van der Waals surface area contributed by atoms with Crippen LogP contribution in [0.2, 0.25) is 0 Å². The fraction of sp³-hybridized carbons (Fsp3) is 0.143. The third-order valence-electron chi connectivity index (χ3n) is 2.46. The summed E-state index contributed by atoms with van der Waals surface area (Å²) < 4.78 is 5.63. The molecule has 1 aromatic carbocycles. The number of hydrogen-bond acceptors (Lipinski definition) is 3. The number of benzene rings is 1. The molecule has 0 amide bonds. The molecular weight excluding hydrogens is 230 g/mol. The highest BCUT2D eigenvalue weighted by atomic mass is 16.5. The summed E-state index contributed by atoms with van der Waals surface area (Å²) in [5.74, 6) is -0.258. The van der Waals surface area contributed by atoms with E-state index in [2.05, 4.69) is 4.98 Å². The summed E-state index contributed by atoms with van der Waals surface area (Å²) in [6.07, 6.45) is 3.36. The third-order valence-corrected chi connectivity index (χ3v) is 2.46. The van der Waals surface area contributed by atoms with Crippen molar-refractivity contribution in [3.8, 4) is 5.75 Å². The Labute approximate surface area is 105 Å². The summed E-state index contributed by atoms with van der Waals surface area (Å²) in [5.41, 5.74) is 1.68. The van der Waals surface area contributed by atoms with Gasteiger partial charge in [0.1, 0.15) is 12.4 Å². The van der Waals surface area contributed by atoms with Crippen LogP contribution in [0.25, 0.3) is 0 Å². The quantitative estimate of drug-likeness (QED) is 0.875. The molecule has 0 unspecified atom stereocenters. The fourth-order valence-corrected chi connectivity index (χ4v) is 1.59. The van der Waals surface area contributed by atoms with Crippen molar-refractivity contribution in [1.82, 2.24) is 4.98 Å². The van der Waals surface area contributed by atoms with Crippen molar-refractivity contribution >= 4 is 5.97 Å². The number of hydrogen-bond donors (Lipinski definition) is 1. The first kappa shape index (κ1) is 12.1. The van der Waals surface area contributed by atoms with Gasteiger partial charge in [0, 0.05) is 18.0 Å². The van der Waals surface area contributed by atoms with E-state index < -0.39 is 5.97 Å². The van der Waals surface area contributed by atoms with Crippen molar-refractivity contribution in [2.75, 3.05) is 0 Å². The number of carboxylic acid groups (broad SMARTS) is 1. The number of aliphatic carboxylic acids is 1. The summed E-state index contributed by atoms with van der Waals surface area (Å²) in [4.78, 5) is 14.7. The SMILES string of the molecule is O=C(O)Cc1ccccc1OCc1ccncc1. The molecule has 4 heteroatoms. The highest BCUT2D eigenvalue weighted by Gasteiger charge is 2.07. The van der Waals surface area contributed by atoms with Crippen LogP contribution < -0.4 is 4.74 Å². The van der Waals surface area contributed by atoms with Crippen molar-refractivity contribution in [3.05, 3.63) is 59.9 Å². The average Bonchev–Trinajstić information content (AvgIpc) is 2.38. The lowest BCUT2D eigenvalue weighted by Gasteiger charge is -2.10. The maximum atomic E-state index is 10.7. The second kappa shape index (κ2) is 5.82. The molecular formula is C14H13NO3. The molecule has 0 fully saturated rings. The van der Waals surface area contributed by atoms with Gasteiger partial charge in [0.05, 0.1) is 6.42 Å². The van der Waals surface area contributed by atoms with Gasteiger partial charge in [0.15, 0.2) is 0 Å². The molecule has 0 aliphatic rings. The maximum Gasteiger partial charge on any atom is 0.307 e. The smallest absolute Gasteiger partial charge is 0.307 e. The highest BCUT2D eigenvalue weighted by molar-refractivity contribution is 5.71. The van der Waals surface area contributed by atoms with Crippen molar-refractivity contribution in [2.45, 2.75) is 13.0 Å². The molecule has 0 radical (unpaired) electrons. The Morgan fingerprint density at radius 1 is 1.17 bits per heavy atom. The average molecular weight is 243 g/mol. The monoisotopic (exact) mass is 243 g/mol. The Hall–Kier alpha value is -2.36. The normalized spacial score (nSPS) is 10.0. The Kier molecular flexibility index (Phi) is 3.91. The van der Waals surface area contributed by atoms with Crippen LogP contribution in [0.15, 0.2) is 48.8 Å². The molecule has 1 N–H and O–H groups in total. The number of nitrogens with zero attached hydrogens (tertiary/aromatic N) is 1. The molecule has 4 nitrogen and oxygen atoms in total. The summed E-state index contributed by atoms with van der Waals surface area (Å²) >= 11 is 0. The summed E-state index contributed by atoms with van der Waals surface area (Å²) in [6, 6.07) is 10.9. The number of rotatable bonds is 5. The molecule has 0 spiro atoms. The summed E-state index contributed by atoms with van der Waals surface area (Å²) in [7, 11) is 0. The molecule has 18 heavy (non-hydrogen) atoms. The van der Waals surface area contributed by atoms with Crippen LogP contribution in [0.1, 0.15) is 11.1 Å². The van der Waals surface area contributed by atoms with E-state index in [0.29, 0.717) is 17.9 Å². The molecule has 0 saturated carbocycles. The van der Waals surface area contributed by atoms with Crippen LogP contribution in [0.5, 0.6) is 5.75 Å². The minimum absolute atomic E-state index is 0.0352. The first-order valence-electron chi connectivity index (χ1n) is 5.57. The maximum absolute atomic E-state index is 10.7. The minimum atomic E-state index is -0.866. The van der Waals surface area contributed by atoms with Gasteiger partial charge in [-0.25, -0.2) is 0 Å². The van der Waals surface area contributed by atoms with Crippen LogP contribution in [0.3, 0.4) is 0 Å². The Morgan fingerprint density at radius 3 is 2.61 bits per heavy atom. The van der Waals surface area contributed by atoms with Gasteiger partial charge < -0.3 is 9.84 Å². The number of ether oxygens (including phenoxy) is 1. The van der Waals surface area contributed by atoms with Gasteiger partial charge in [0.2, 0.25) is 0 Å². The zero-order valence-corrected chi connectivity index (χ0v) is 9.74. The standard InChI is InChI=1S/C14H13NO3/c16-14(17)9-12-3-1-2-4-13(12)18-10-11-5-7-15-8-6-11/h1-8H,9-10H2,(H,16,17). The first-order chi connectivity index (χ1) is 8.75. The number of aromatic nitrogens is 1. The fourth-order valence-electron chi connectivity index (χ4n) is 1.59. The van der Waals surface area contributed by atoms with Gasteiger partial charge in [-0.2, -0.15) is 0 Å². The highest BCUT2D eigenvalue weighted by Crippen LogP contribution is 2.19. The van der Waals surface area contributed by atoms with Crippen LogP contribution in [0.4, 0.5) is 0 Å². The lowest BCUT2D eigenvalue weighted by atomic mass is 10.1. The van der Waals surface area contributed by atoms with Gasteiger partial charge >= 0.3 is 5.97 Å². The van der Waals surface area contributed by atoms with Gasteiger partial charge in [-0.05, 0) is 23.8 Å². The number of carboxylic acids is 1. The van der Waals surface area contributed by atoms with E-state index in [4.69, 9.17) is 9.84 Å². The van der Waals surface area contributed by atoms with Crippen LogP contribution in [-0.2, 0) is 17.8 Å². The molecule has 0 aliphatic heterocycles. The molecule has 0 saturated heterocycles.